The lowest BCUT2D eigenvalue weighted by atomic mass is 10.2. The summed E-state index contributed by atoms with van der Waals surface area (Å²) in [5.74, 6) is 0.155. The number of hydrogen-bond donors (Lipinski definition) is 1. The average molecular weight is 371 g/mol. The van der Waals surface area contributed by atoms with Crippen LogP contribution in [0.2, 0.25) is 0 Å². The summed E-state index contributed by atoms with van der Waals surface area (Å²) in [4.78, 5) is 20.2. The molecule has 0 saturated carbocycles. The van der Waals surface area contributed by atoms with Gasteiger partial charge < -0.3 is 10.1 Å². The first-order chi connectivity index (χ1) is 13.1. The van der Waals surface area contributed by atoms with E-state index >= 15 is 0 Å². The number of aromatic nitrogens is 4. The van der Waals surface area contributed by atoms with Gasteiger partial charge in [-0.2, -0.15) is 13.9 Å². The predicted octanol–water partition coefficient (Wildman–Crippen LogP) is 2.59. The number of hydrogen-bond acceptors (Lipinski definition) is 5. The van der Waals surface area contributed by atoms with Gasteiger partial charge in [-0.15, -0.1) is 0 Å². The highest BCUT2D eigenvalue weighted by Gasteiger charge is 2.09. The third-order valence-corrected chi connectivity index (χ3v) is 3.51. The van der Waals surface area contributed by atoms with Crippen molar-refractivity contribution in [3.63, 3.8) is 0 Å². The van der Waals surface area contributed by atoms with Crippen LogP contribution in [0, 0.1) is 0 Å². The van der Waals surface area contributed by atoms with E-state index in [4.69, 9.17) is 0 Å². The summed E-state index contributed by atoms with van der Waals surface area (Å²) in [6, 6.07) is 9.77. The van der Waals surface area contributed by atoms with Crippen molar-refractivity contribution in [1.29, 1.82) is 0 Å². The van der Waals surface area contributed by atoms with Gasteiger partial charge in [0.15, 0.2) is 5.82 Å². The molecule has 0 atom stereocenters. The van der Waals surface area contributed by atoms with Gasteiger partial charge in [0.1, 0.15) is 18.4 Å². The molecule has 2 heterocycles. The van der Waals surface area contributed by atoms with Crippen LogP contribution >= 0.6 is 0 Å². The first kappa shape index (κ1) is 18.2. The Balaban J connectivity index is 1.66. The Bertz CT molecular complexity index is 929. The zero-order valence-electron chi connectivity index (χ0n) is 14.0. The smallest absolute Gasteiger partial charge is 0.387 e. The molecule has 138 valence electrons. The summed E-state index contributed by atoms with van der Waals surface area (Å²) < 4.78 is 30.8. The van der Waals surface area contributed by atoms with E-state index in [-0.39, 0.29) is 12.3 Å². The van der Waals surface area contributed by atoms with Crippen molar-refractivity contribution in [2.75, 3.05) is 0 Å². The van der Waals surface area contributed by atoms with E-state index in [1.807, 2.05) is 0 Å². The molecule has 7 nitrogen and oxygen atoms in total. The molecule has 0 radical (unpaired) electrons. The number of ether oxygens (including phenoxy) is 1. The number of alkyl halides is 2. The second-order valence-electron chi connectivity index (χ2n) is 5.29. The highest BCUT2D eigenvalue weighted by Crippen LogP contribution is 2.21. The molecule has 27 heavy (non-hydrogen) atoms. The van der Waals surface area contributed by atoms with E-state index in [2.05, 4.69) is 25.1 Å². The van der Waals surface area contributed by atoms with Gasteiger partial charge in [-0.3, -0.25) is 4.79 Å². The van der Waals surface area contributed by atoms with E-state index in [1.54, 1.807) is 36.5 Å². The molecule has 3 aromatic rings. The number of para-hydroxylation sites is 1. The normalized spacial score (nSPS) is 11.1. The number of nitrogens with zero attached hydrogens (tertiary/aromatic N) is 4. The van der Waals surface area contributed by atoms with Crippen LogP contribution < -0.4 is 10.1 Å². The number of carbonyl (C=O) groups is 1. The highest BCUT2D eigenvalue weighted by molar-refractivity contribution is 5.92. The lowest BCUT2D eigenvalue weighted by molar-refractivity contribution is -0.116. The molecule has 2 aromatic heterocycles. The van der Waals surface area contributed by atoms with Gasteiger partial charge in [-0.25, -0.2) is 14.6 Å². The van der Waals surface area contributed by atoms with E-state index in [1.165, 1.54) is 35.6 Å². The number of nitrogens with one attached hydrogen (secondary N) is 1. The maximum atomic E-state index is 12.4. The summed E-state index contributed by atoms with van der Waals surface area (Å²) in [6.07, 6.45) is 7.17. The van der Waals surface area contributed by atoms with Crippen molar-refractivity contribution >= 4 is 12.0 Å². The van der Waals surface area contributed by atoms with Crippen LogP contribution in [0.5, 0.6) is 5.75 Å². The van der Waals surface area contributed by atoms with Crippen LogP contribution in [-0.2, 0) is 11.3 Å². The van der Waals surface area contributed by atoms with Gasteiger partial charge in [0.25, 0.3) is 0 Å². The SMILES string of the molecule is O=C(/C=C\c1ccccc1OC(F)F)NCc1cccnc1-n1cncn1. The summed E-state index contributed by atoms with van der Waals surface area (Å²) in [7, 11) is 0. The molecule has 1 aromatic carbocycles. The van der Waals surface area contributed by atoms with Crippen LogP contribution in [0.25, 0.3) is 11.9 Å². The molecular formula is C18H15F2N5O2. The molecule has 3 rings (SSSR count). The summed E-state index contributed by atoms with van der Waals surface area (Å²) in [5.41, 5.74) is 1.11. The van der Waals surface area contributed by atoms with Crippen LogP contribution in [0.4, 0.5) is 8.78 Å². The Morgan fingerprint density at radius 3 is 2.89 bits per heavy atom. The van der Waals surface area contributed by atoms with Crippen LogP contribution in [0.1, 0.15) is 11.1 Å². The maximum Gasteiger partial charge on any atom is 0.387 e. The fourth-order valence-electron chi connectivity index (χ4n) is 2.32. The zero-order valence-corrected chi connectivity index (χ0v) is 14.0. The molecule has 0 bridgehead atoms. The molecule has 0 spiro atoms. The maximum absolute atomic E-state index is 12.4. The summed E-state index contributed by atoms with van der Waals surface area (Å²) in [5, 5.41) is 6.74. The van der Waals surface area contributed by atoms with E-state index in [0.717, 1.165) is 5.56 Å². The molecule has 9 heteroatoms. The van der Waals surface area contributed by atoms with E-state index in [9.17, 15) is 13.6 Å². The Kier molecular flexibility index (Phi) is 5.83. The third kappa shape index (κ3) is 4.94. The minimum atomic E-state index is -2.94. The number of rotatable bonds is 7. The first-order valence-electron chi connectivity index (χ1n) is 7.92. The van der Waals surface area contributed by atoms with E-state index in [0.29, 0.717) is 11.4 Å². The van der Waals surface area contributed by atoms with Crippen molar-refractivity contribution in [2.24, 2.45) is 0 Å². The Hall–Kier alpha value is -3.62. The molecule has 0 aliphatic heterocycles. The fraction of sp³-hybridized carbons (Fsp3) is 0.111. The molecule has 0 unspecified atom stereocenters. The van der Waals surface area contributed by atoms with Crippen LogP contribution in [0.3, 0.4) is 0 Å². The van der Waals surface area contributed by atoms with Crippen LogP contribution in [0.15, 0.2) is 61.3 Å². The van der Waals surface area contributed by atoms with Crippen molar-refractivity contribution in [3.8, 4) is 11.6 Å². The second-order valence-corrected chi connectivity index (χ2v) is 5.29. The number of halogens is 2. The Labute approximate surface area is 153 Å². The molecule has 0 saturated heterocycles. The Morgan fingerprint density at radius 2 is 2.11 bits per heavy atom. The van der Waals surface area contributed by atoms with Crippen molar-refractivity contribution in [3.05, 3.63) is 72.5 Å². The van der Waals surface area contributed by atoms with Gasteiger partial charge in [0.2, 0.25) is 5.91 Å². The van der Waals surface area contributed by atoms with Gasteiger partial charge in [0.05, 0.1) is 0 Å². The molecule has 1 amide bonds. The lowest BCUT2D eigenvalue weighted by Gasteiger charge is -2.08. The number of carbonyl (C=O) groups excluding carboxylic acids is 1. The van der Waals surface area contributed by atoms with Gasteiger partial charge in [0, 0.05) is 29.9 Å². The first-order valence-corrected chi connectivity index (χ1v) is 7.92. The zero-order chi connectivity index (χ0) is 19.1. The second kappa shape index (κ2) is 8.65. The quantitative estimate of drug-likeness (QED) is 0.646. The van der Waals surface area contributed by atoms with E-state index < -0.39 is 12.5 Å². The largest absolute Gasteiger partial charge is 0.434 e. The van der Waals surface area contributed by atoms with Crippen molar-refractivity contribution < 1.29 is 18.3 Å². The molecule has 0 fully saturated rings. The van der Waals surface area contributed by atoms with Crippen molar-refractivity contribution in [1.82, 2.24) is 25.1 Å². The number of benzene rings is 1. The van der Waals surface area contributed by atoms with Crippen LogP contribution in [-0.4, -0.2) is 32.3 Å². The standard InChI is InChI=1S/C18H15F2N5O2/c19-18(20)27-15-6-2-1-4-13(15)7-8-16(26)23-10-14-5-3-9-22-17(14)25-12-21-11-24-25/h1-9,11-12,18H,10H2,(H,23,26)/b8-7-. The monoisotopic (exact) mass is 371 g/mol. The van der Waals surface area contributed by atoms with Gasteiger partial charge in [-0.1, -0.05) is 24.3 Å². The molecular weight excluding hydrogens is 356 g/mol. The number of pyridine rings is 1. The third-order valence-electron chi connectivity index (χ3n) is 3.51. The molecule has 0 aliphatic carbocycles. The summed E-state index contributed by atoms with van der Waals surface area (Å²) in [6.45, 7) is -2.73. The minimum absolute atomic E-state index is 0.00252. The fourth-order valence-corrected chi connectivity index (χ4v) is 2.32. The van der Waals surface area contributed by atoms with Crippen molar-refractivity contribution in [2.45, 2.75) is 13.2 Å². The summed E-state index contributed by atoms with van der Waals surface area (Å²) >= 11 is 0. The molecule has 0 aliphatic rings. The average Bonchev–Trinajstić information content (AvgIpc) is 3.20. The van der Waals surface area contributed by atoms with Gasteiger partial charge in [-0.05, 0) is 18.2 Å². The Morgan fingerprint density at radius 1 is 1.26 bits per heavy atom. The lowest BCUT2D eigenvalue weighted by Crippen LogP contribution is -2.21. The van der Waals surface area contributed by atoms with Gasteiger partial charge >= 0.3 is 6.61 Å². The topological polar surface area (TPSA) is 81.9 Å². The molecule has 1 N–H and O–H groups in total. The number of amides is 1. The highest BCUT2D eigenvalue weighted by atomic mass is 19.3. The predicted molar refractivity (Wildman–Crippen MR) is 93.1 cm³/mol. The minimum Gasteiger partial charge on any atom is -0.434 e.